The first-order valence-corrected chi connectivity index (χ1v) is 11.0. The van der Waals surface area contributed by atoms with Crippen molar-refractivity contribution in [2.45, 2.75) is 57.7 Å². The van der Waals surface area contributed by atoms with Gasteiger partial charge in [-0.25, -0.2) is 4.98 Å². The van der Waals surface area contributed by atoms with Crippen LogP contribution in [-0.4, -0.2) is 33.4 Å². The molecule has 158 valence electrons. The van der Waals surface area contributed by atoms with Gasteiger partial charge in [0, 0.05) is 11.4 Å². The lowest BCUT2D eigenvalue weighted by Crippen LogP contribution is -2.35. The smallest absolute Gasteiger partial charge is 0.296 e. The third-order valence-corrected chi connectivity index (χ3v) is 5.41. The lowest BCUT2D eigenvalue weighted by Gasteiger charge is -2.24. The molecule has 0 bridgehead atoms. The normalized spacial score (nSPS) is 15.1. The molecular formula is C21H29N3O4S. The van der Waals surface area contributed by atoms with Crippen LogP contribution < -0.4 is 10.9 Å². The van der Waals surface area contributed by atoms with Crippen molar-refractivity contribution in [3.63, 3.8) is 0 Å². The molecule has 3 rings (SSSR count). The van der Waals surface area contributed by atoms with Gasteiger partial charge < -0.3 is 15.2 Å². The molecule has 0 fully saturated rings. The summed E-state index contributed by atoms with van der Waals surface area (Å²) in [5.41, 5.74) is 0.0688. The molecule has 2 heterocycles. The Morgan fingerprint density at radius 1 is 1.34 bits per heavy atom. The average molecular weight is 420 g/mol. The van der Waals surface area contributed by atoms with E-state index in [4.69, 9.17) is 4.74 Å². The van der Waals surface area contributed by atoms with Gasteiger partial charge in [0.15, 0.2) is 5.69 Å². The second-order valence-electron chi connectivity index (χ2n) is 6.63. The van der Waals surface area contributed by atoms with E-state index in [1.807, 2.05) is 30.5 Å². The van der Waals surface area contributed by atoms with Gasteiger partial charge in [0.1, 0.15) is 11.9 Å². The molecule has 1 aliphatic heterocycles. The van der Waals surface area contributed by atoms with Crippen LogP contribution in [0.1, 0.15) is 61.6 Å². The SMILES string of the molecule is CCCC.CSc1ccccc1CNC(=O)c1nc2n(c(=O)c1O)CCOC2C. The van der Waals surface area contributed by atoms with Gasteiger partial charge >= 0.3 is 0 Å². The first-order chi connectivity index (χ1) is 13.9. The minimum atomic E-state index is -0.631. The van der Waals surface area contributed by atoms with Crippen LogP contribution in [0, 0.1) is 0 Å². The number of unbranched alkanes of at least 4 members (excludes halogenated alkanes) is 1. The number of carbonyl (C=O) groups is 1. The minimum absolute atomic E-state index is 0.268. The number of benzene rings is 1. The third-order valence-electron chi connectivity index (χ3n) is 4.57. The number of ether oxygens (including phenoxy) is 1. The maximum atomic E-state index is 12.5. The molecule has 2 N–H and O–H groups in total. The zero-order chi connectivity index (χ0) is 21.4. The molecule has 0 aliphatic carbocycles. The molecule has 1 unspecified atom stereocenters. The zero-order valence-corrected chi connectivity index (χ0v) is 18.2. The Morgan fingerprint density at radius 2 is 2.03 bits per heavy atom. The highest BCUT2D eigenvalue weighted by Crippen LogP contribution is 2.22. The molecule has 0 radical (unpaired) electrons. The van der Waals surface area contributed by atoms with E-state index in [0.29, 0.717) is 19.0 Å². The topological polar surface area (TPSA) is 93.5 Å². The lowest BCUT2D eigenvalue weighted by atomic mass is 10.2. The molecule has 29 heavy (non-hydrogen) atoms. The van der Waals surface area contributed by atoms with Gasteiger partial charge in [0.05, 0.1) is 13.2 Å². The quantitative estimate of drug-likeness (QED) is 0.721. The van der Waals surface area contributed by atoms with Crippen molar-refractivity contribution in [1.29, 1.82) is 0 Å². The highest BCUT2D eigenvalue weighted by Gasteiger charge is 2.26. The van der Waals surface area contributed by atoms with Crippen LogP contribution in [0.5, 0.6) is 5.75 Å². The van der Waals surface area contributed by atoms with Gasteiger partial charge in [-0.1, -0.05) is 44.9 Å². The molecule has 0 saturated heterocycles. The van der Waals surface area contributed by atoms with Crippen LogP contribution in [0.4, 0.5) is 0 Å². The molecule has 1 aliphatic rings. The first kappa shape index (κ1) is 23.0. The van der Waals surface area contributed by atoms with Gasteiger partial charge in [-0.15, -0.1) is 11.8 Å². The van der Waals surface area contributed by atoms with Crippen molar-refractivity contribution in [2.75, 3.05) is 12.9 Å². The molecule has 8 heteroatoms. The van der Waals surface area contributed by atoms with E-state index in [2.05, 4.69) is 24.1 Å². The Bertz CT molecular complexity index is 896. The highest BCUT2D eigenvalue weighted by atomic mass is 32.2. The van der Waals surface area contributed by atoms with E-state index in [-0.39, 0.29) is 12.2 Å². The van der Waals surface area contributed by atoms with Crippen LogP contribution in [0.15, 0.2) is 34.0 Å². The summed E-state index contributed by atoms with van der Waals surface area (Å²) in [7, 11) is 0. The summed E-state index contributed by atoms with van der Waals surface area (Å²) < 4.78 is 6.81. The van der Waals surface area contributed by atoms with Crippen LogP contribution in [0.3, 0.4) is 0 Å². The molecule has 0 spiro atoms. The monoisotopic (exact) mass is 419 g/mol. The summed E-state index contributed by atoms with van der Waals surface area (Å²) in [6, 6.07) is 7.70. The number of rotatable bonds is 5. The highest BCUT2D eigenvalue weighted by molar-refractivity contribution is 7.98. The Hall–Kier alpha value is -2.32. The number of carbonyl (C=O) groups excluding carboxylic acids is 1. The number of aromatic hydroxyl groups is 1. The summed E-state index contributed by atoms with van der Waals surface area (Å²) in [6.07, 6.45) is 4.19. The van der Waals surface area contributed by atoms with E-state index in [1.165, 1.54) is 17.4 Å². The van der Waals surface area contributed by atoms with E-state index in [1.54, 1.807) is 18.7 Å². The summed E-state index contributed by atoms with van der Waals surface area (Å²) >= 11 is 1.58. The van der Waals surface area contributed by atoms with Crippen molar-refractivity contribution >= 4 is 17.7 Å². The predicted octanol–water partition coefficient (Wildman–Crippen LogP) is 3.50. The summed E-state index contributed by atoms with van der Waals surface area (Å²) in [5, 5.41) is 12.8. The Kier molecular flexibility index (Phi) is 8.72. The molecule has 1 atom stereocenters. The third kappa shape index (κ3) is 5.61. The largest absolute Gasteiger partial charge is 0.501 e. The first-order valence-electron chi connectivity index (χ1n) is 9.79. The van der Waals surface area contributed by atoms with Crippen LogP contribution in [0.2, 0.25) is 0 Å². The number of thioether (sulfide) groups is 1. The van der Waals surface area contributed by atoms with Crippen LogP contribution in [-0.2, 0) is 17.8 Å². The summed E-state index contributed by atoms with van der Waals surface area (Å²) in [6.45, 7) is 7.07. The van der Waals surface area contributed by atoms with Crippen LogP contribution in [0.25, 0.3) is 0 Å². The van der Waals surface area contributed by atoms with Crippen molar-refractivity contribution in [3.8, 4) is 5.75 Å². The van der Waals surface area contributed by atoms with Gasteiger partial charge in [-0.05, 0) is 24.8 Å². The molecule has 1 amide bonds. The van der Waals surface area contributed by atoms with E-state index >= 15 is 0 Å². The fourth-order valence-electron chi connectivity index (χ4n) is 2.75. The number of amides is 1. The number of hydrogen-bond donors (Lipinski definition) is 2. The fourth-order valence-corrected chi connectivity index (χ4v) is 3.37. The molecule has 0 saturated carbocycles. The predicted molar refractivity (Wildman–Crippen MR) is 115 cm³/mol. The second kappa shape index (κ2) is 11.0. The lowest BCUT2D eigenvalue weighted by molar-refractivity contribution is 0.0256. The fraction of sp³-hybridized carbons (Fsp3) is 0.476. The van der Waals surface area contributed by atoms with Crippen molar-refractivity contribution in [2.24, 2.45) is 0 Å². The average Bonchev–Trinajstić information content (AvgIpc) is 2.75. The Morgan fingerprint density at radius 3 is 2.69 bits per heavy atom. The van der Waals surface area contributed by atoms with Crippen molar-refractivity contribution in [1.82, 2.24) is 14.9 Å². The number of fused-ring (bicyclic) bond motifs is 1. The maximum Gasteiger partial charge on any atom is 0.296 e. The number of nitrogens with zero attached hydrogens (tertiary/aromatic N) is 2. The number of nitrogens with one attached hydrogen (secondary N) is 1. The molecule has 1 aromatic carbocycles. The van der Waals surface area contributed by atoms with Gasteiger partial charge in [0.25, 0.3) is 11.5 Å². The van der Waals surface area contributed by atoms with Crippen LogP contribution >= 0.6 is 11.8 Å². The number of aromatic nitrogens is 2. The van der Waals surface area contributed by atoms with E-state index < -0.39 is 23.3 Å². The van der Waals surface area contributed by atoms with Gasteiger partial charge in [-0.3, -0.25) is 14.2 Å². The minimum Gasteiger partial charge on any atom is -0.501 e. The van der Waals surface area contributed by atoms with E-state index in [9.17, 15) is 14.7 Å². The second-order valence-corrected chi connectivity index (χ2v) is 7.48. The molecular weight excluding hydrogens is 390 g/mol. The van der Waals surface area contributed by atoms with Crippen molar-refractivity contribution < 1.29 is 14.6 Å². The Balaban J connectivity index is 0.000000687. The van der Waals surface area contributed by atoms with Gasteiger partial charge in [0.2, 0.25) is 5.75 Å². The number of hydrogen-bond acceptors (Lipinski definition) is 6. The summed E-state index contributed by atoms with van der Waals surface area (Å²) in [5.74, 6) is -0.871. The Labute approximate surface area is 175 Å². The molecule has 2 aromatic rings. The molecule has 1 aromatic heterocycles. The maximum absolute atomic E-state index is 12.5. The standard InChI is InChI=1S/C17H19N3O4S.C4H10/c1-10-15-19-13(14(21)17(23)20(15)7-8-24-10)16(22)18-9-11-5-3-4-6-12(11)25-2;1-3-4-2/h3-6,10,21H,7-9H2,1-2H3,(H,18,22);3-4H2,1-2H3. The molecule has 7 nitrogen and oxygen atoms in total. The van der Waals surface area contributed by atoms with E-state index in [0.717, 1.165) is 10.5 Å². The summed E-state index contributed by atoms with van der Waals surface area (Å²) in [4.78, 5) is 30.0. The van der Waals surface area contributed by atoms with Crippen molar-refractivity contribution in [3.05, 3.63) is 51.7 Å². The van der Waals surface area contributed by atoms with Gasteiger partial charge in [-0.2, -0.15) is 0 Å². The zero-order valence-electron chi connectivity index (χ0n) is 17.4.